The summed E-state index contributed by atoms with van der Waals surface area (Å²) in [5.74, 6) is -0.371. The Morgan fingerprint density at radius 3 is 2.56 bits per heavy atom. The molecule has 2 rings (SSSR count). The topological polar surface area (TPSA) is 38.0 Å². The first kappa shape index (κ1) is 13.4. The third-order valence-electron chi connectivity index (χ3n) is 2.63. The Hall–Kier alpha value is -1.07. The highest BCUT2D eigenvalue weighted by Crippen LogP contribution is 2.32. The summed E-state index contributed by atoms with van der Waals surface area (Å²) in [6.07, 6.45) is 0. The van der Waals surface area contributed by atoms with Gasteiger partial charge in [0.15, 0.2) is 0 Å². The summed E-state index contributed by atoms with van der Waals surface area (Å²) in [7, 11) is 0. The number of nitrogens with two attached hydrogens (primary N) is 1. The summed E-state index contributed by atoms with van der Waals surface area (Å²) in [6, 6.07) is 8.75. The van der Waals surface area contributed by atoms with Crippen molar-refractivity contribution in [1.29, 1.82) is 0 Å². The van der Waals surface area contributed by atoms with Crippen LogP contribution in [-0.2, 0) is 0 Å². The number of nitrogen functional groups attached to an aromatic ring is 1. The number of benzene rings is 2. The average Bonchev–Trinajstić information content (AvgIpc) is 2.32. The van der Waals surface area contributed by atoms with E-state index in [4.69, 9.17) is 5.73 Å². The van der Waals surface area contributed by atoms with Gasteiger partial charge >= 0.3 is 0 Å². The molecule has 0 radical (unpaired) electrons. The molecule has 2 nitrogen and oxygen atoms in total. The van der Waals surface area contributed by atoms with Gasteiger partial charge in [0, 0.05) is 16.2 Å². The highest BCUT2D eigenvalue weighted by Gasteiger charge is 2.08. The quantitative estimate of drug-likeness (QED) is 0.728. The lowest BCUT2D eigenvalue weighted by Crippen LogP contribution is -1.99. The van der Waals surface area contributed by atoms with Crippen molar-refractivity contribution >= 4 is 48.9 Å². The highest BCUT2D eigenvalue weighted by molar-refractivity contribution is 9.10. The van der Waals surface area contributed by atoms with Crippen LogP contribution in [0.5, 0.6) is 0 Å². The van der Waals surface area contributed by atoms with Gasteiger partial charge in [-0.2, -0.15) is 0 Å². The van der Waals surface area contributed by atoms with E-state index in [1.807, 2.05) is 25.1 Å². The molecule has 0 saturated heterocycles. The second kappa shape index (κ2) is 5.28. The van der Waals surface area contributed by atoms with Crippen LogP contribution in [0.1, 0.15) is 5.56 Å². The average molecular weight is 374 g/mol. The molecule has 2 aromatic rings. The largest absolute Gasteiger partial charge is 0.397 e. The second-order valence-electron chi connectivity index (χ2n) is 3.89. The van der Waals surface area contributed by atoms with E-state index in [1.54, 1.807) is 6.07 Å². The first-order chi connectivity index (χ1) is 8.49. The van der Waals surface area contributed by atoms with Crippen molar-refractivity contribution in [3.8, 4) is 0 Å². The van der Waals surface area contributed by atoms with Crippen molar-refractivity contribution in [2.45, 2.75) is 6.92 Å². The zero-order chi connectivity index (χ0) is 13.3. The molecule has 0 aromatic heterocycles. The second-order valence-corrected chi connectivity index (χ2v) is 5.60. The number of nitrogens with one attached hydrogen (secondary N) is 1. The molecule has 0 unspecified atom stereocenters. The van der Waals surface area contributed by atoms with E-state index in [0.717, 1.165) is 15.7 Å². The molecule has 0 heterocycles. The van der Waals surface area contributed by atoms with Crippen LogP contribution < -0.4 is 11.1 Å². The smallest absolute Gasteiger partial charge is 0.139 e. The van der Waals surface area contributed by atoms with Crippen LogP contribution in [0.2, 0.25) is 0 Å². The summed E-state index contributed by atoms with van der Waals surface area (Å²) < 4.78 is 14.7. The Labute approximate surface area is 122 Å². The van der Waals surface area contributed by atoms with Crippen LogP contribution in [0.3, 0.4) is 0 Å². The Balaban J connectivity index is 2.40. The Kier molecular flexibility index (Phi) is 3.92. The van der Waals surface area contributed by atoms with Crippen LogP contribution in [0.15, 0.2) is 39.3 Å². The minimum atomic E-state index is -0.371. The number of hydrogen-bond acceptors (Lipinski definition) is 2. The van der Waals surface area contributed by atoms with Crippen molar-refractivity contribution in [1.82, 2.24) is 0 Å². The summed E-state index contributed by atoms with van der Waals surface area (Å²) >= 11 is 6.61. The molecule has 5 heteroatoms. The zero-order valence-corrected chi connectivity index (χ0v) is 12.8. The molecule has 3 N–H and O–H groups in total. The highest BCUT2D eigenvalue weighted by atomic mass is 79.9. The monoisotopic (exact) mass is 372 g/mol. The van der Waals surface area contributed by atoms with Gasteiger partial charge in [-0.1, -0.05) is 22.0 Å². The summed E-state index contributed by atoms with van der Waals surface area (Å²) in [5.41, 5.74) is 8.82. The predicted octanol–water partition coefficient (Wildman–Crippen LogP) is 4.98. The lowest BCUT2D eigenvalue weighted by Gasteiger charge is -2.13. The third kappa shape index (κ3) is 2.67. The fourth-order valence-electron chi connectivity index (χ4n) is 1.56. The van der Waals surface area contributed by atoms with Crippen molar-refractivity contribution in [3.63, 3.8) is 0 Å². The van der Waals surface area contributed by atoms with Crippen LogP contribution in [0.4, 0.5) is 21.5 Å². The molecule has 0 bridgehead atoms. The van der Waals surface area contributed by atoms with Crippen LogP contribution in [0.25, 0.3) is 0 Å². The normalized spacial score (nSPS) is 10.4. The molecule has 0 spiro atoms. The first-order valence-electron chi connectivity index (χ1n) is 5.25. The molecule has 0 fully saturated rings. The molecule has 0 amide bonds. The van der Waals surface area contributed by atoms with Gasteiger partial charge in [0.05, 0.1) is 15.8 Å². The van der Waals surface area contributed by atoms with E-state index >= 15 is 0 Å². The lowest BCUT2D eigenvalue weighted by atomic mass is 10.2. The van der Waals surface area contributed by atoms with E-state index < -0.39 is 0 Å². The van der Waals surface area contributed by atoms with Gasteiger partial charge < -0.3 is 11.1 Å². The van der Waals surface area contributed by atoms with Crippen LogP contribution in [0, 0.1) is 12.7 Å². The SMILES string of the molecule is Cc1c(Br)cccc1Nc1cc(Br)c(F)cc1N. The van der Waals surface area contributed by atoms with Gasteiger partial charge in [-0.25, -0.2) is 4.39 Å². The standard InChI is InChI=1S/C13H11Br2FN2/c1-7-8(14)3-2-4-12(7)18-13-5-9(15)10(16)6-11(13)17/h2-6,18H,17H2,1H3. The van der Waals surface area contributed by atoms with Crippen molar-refractivity contribution in [3.05, 3.63) is 50.7 Å². The van der Waals surface area contributed by atoms with Crippen molar-refractivity contribution in [2.24, 2.45) is 0 Å². The van der Waals surface area contributed by atoms with E-state index in [-0.39, 0.29) is 5.82 Å². The predicted molar refractivity (Wildman–Crippen MR) is 80.7 cm³/mol. The van der Waals surface area contributed by atoms with Crippen LogP contribution in [-0.4, -0.2) is 0 Å². The van der Waals surface area contributed by atoms with Crippen LogP contribution >= 0.6 is 31.9 Å². The molecule has 0 aliphatic carbocycles. The van der Waals surface area contributed by atoms with Gasteiger partial charge in [-0.3, -0.25) is 0 Å². The minimum absolute atomic E-state index is 0.370. The Morgan fingerprint density at radius 1 is 1.11 bits per heavy atom. The summed E-state index contributed by atoms with van der Waals surface area (Å²) in [5, 5.41) is 3.20. The zero-order valence-electron chi connectivity index (χ0n) is 9.60. The Bertz CT molecular complexity index is 600. The van der Waals surface area contributed by atoms with E-state index in [2.05, 4.69) is 37.2 Å². The lowest BCUT2D eigenvalue weighted by molar-refractivity contribution is 0.622. The molecule has 18 heavy (non-hydrogen) atoms. The molecule has 0 aliphatic heterocycles. The van der Waals surface area contributed by atoms with Crippen molar-refractivity contribution in [2.75, 3.05) is 11.1 Å². The molecule has 2 aromatic carbocycles. The number of halogens is 3. The number of rotatable bonds is 2. The van der Waals surface area contributed by atoms with Gasteiger partial charge in [-0.15, -0.1) is 0 Å². The molecular weight excluding hydrogens is 363 g/mol. The number of anilines is 3. The molecule has 0 aliphatic rings. The summed E-state index contributed by atoms with van der Waals surface area (Å²) in [4.78, 5) is 0. The molecule has 0 atom stereocenters. The molecule has 94 valence electrons. The molecular formula is C13H11Br2FN2. The maximum atomic E-state index is 13.3. The molecule has 0 saturated carbocycles. The maximum Gasteiger partial charge on any atom is 0.139 e. The number of hydrogen-bond donors (Lipinski definition) is 2. The van der Waals surface area contributed by atoms with Gasteiger partial charge in [0.25, 0.3) is 0 Å². The van der Waals surface area contributed by atoms with E-state index in [1.165, 1.54) is 6.07 Å². The minimum Gasteiger partial charge on any atom is -0.397 e. The van der Waals surface area contributed by atoms with Gasteiger partial charge in [-0.05, 0) is 46.6 Å². The third-order valence-corrected chi connectivity index (χ3v) is 4.10. The van der Waals surface area contributed by atoms with Gasteiger partial charge in [0.1, 0.15) is 5.82 Å². The first-order valence-corrected chi connectivity index (χ1v) is 6.84. The fourth-order valence-corrected chi connectivity index (χ4v) is 2.27. The Morgan fingerprint density at radius 2 is 1.83 bits per heavy atom. The van der Waals surface area contributed by atoms with E-state index in [9.17, 15) is 4.39 Å². The maximum absolute atomic E-state index is 13.3. The fraction of sp³-hybridized carbons (Fsp3) is 0.0769. The van der Waals surface area contributed by atoms with Gasteiger partial charge in [0.2, 0.25) is 0 Å². The van der Waals surface area contributed by atoms with E-state index in [0.29, 0.717) is 15.8 Å². The van der Waals surface area contributed by atoms with Crippen molar-refractivity contribution < 1.29 is 4.39 Å². The summed E-state index contributed by atoms with van der Waals surface area (Å²) in [6.45, 7) is 1.99.